The molecule has 1 aromatic heterocycles. The molecule has 0 bridgehead atoms. The molecule has 4 aromatic rings. The van der Waals surface area contributed by atoms with E-state index in [1.54, 1.807) is 0 Å². The van der Waals surface area contributed by atoms with Crippen LogP contribution in [0.4, 0.5) is 0 Å². The molecule has 0 aliphatic carbocycles. The van der Waals surface area contributed by atoms with Crippen molar-refractivity contribution in [2.45, 2.75) is 20.2 Å². The molecule has 0 spiro atoms. The van der Waals surface area contributed by atoms with E-state index in [0.29, 0.717) is 18.0 Å². The first-order chi connectivity index (χ1) is 16.7. The van der Waals surface area contributed by atoms with Crippen LogP contribution < -0.4 is 4.74 Å². The summed E-state index contributed by atoms with van der Waals surface area (Å²) in [4.78, 5) is 2.31. The maximum atomic E-state index is 6.17. The number of aromatic nitrogens is 3. The number of rotatable bonds is 7. The van der Waals surface area contributed by atoms with Crippen molar-refractivity contribution in [3.05, 3.63) is 95.0 Å². The van der Waals surface area contributed by atoms with Gasteiger partial charge in [0.1, 0.15) is 12.4 Å². The van der Waals surface area contributed by atoms with E-state index >= 15 is 0 Å². The minimum atomic E-state index is 0.318. The molecule has 0 saturated carbocycles. The van der Waals surface area contributed by atoms with Gasteiger partial charge in [-0.25, -0.2) is 4.68 Å². The number of aryl methyl sites for hydroxylation is 1. The first-order valence-electron chi connectivity index (χ1n) is 11.5. The first-order valence-corrected chi connectivity index (χ1v) is 11.9. The average molecular weight is 473 g/mol. The highest BCUT2D eigenvalue weighted by Gasteiger charge is 2.18. The van der Waals surface area contributed by atoms with E-state index in [1.165, 1.54) is 5.56 Å². The molecule has 5 rings (SSSR count). The highest BCUT2D eigenvalue weighted by atomic mass is 32.1. The summed E-state index contributed by atoms with van der Waals surface area (Å²) in [6.45, 7) is 6.26. The molecule has 1 fully saturated rings. The van der Waals surface area contributed by atoms with Crippen LogP contribution in [0.2, 0.25) is 0 Å². The van der Waals surface area contributed by atoms with Gasteiger partial charge in [0.25, 0.3) is 0 Å². The van der Waals surface area contributed by atoms with Gasteiger partial charge in [0.2, 0.25) is 4.77 Å². The van der Waals surface area contributed by atoms with Gasteiger partial charge in [0, 0.05) is 13.1 Å². The minimum Gasteiger partial charge on any atom is -0.486 e. The molecule has 3 aromatic carbocycles. The molecule has 1 aliphatic heterocycles. The quantitative estimate of drug-likeness (QED) is 0.344. The van der Waals surface area contributed by atoms with Crippen molar-refractivity contribution >= 4 is 12.2 Å². The van der Waals surface area contributed by atoms with Crippen molar-refractivity contribution < 1.29 is 9.47 Å². The van der Waals surface area contributed by atoms with Crippen LogP contribution in [-0.2, 0) is 18.0 Å². The van der Waals surface area contributed by atoms with Gasteiger partial charge in [-0.1, -0.05) is 60.7 Å². The van der Waals surface area contributed by atoms with Crippen molar-refractivity contribution in [1.29, 1.82) is 0 Å². The van der Waals surface area contributed by atoms with E-state index < -0.39 is 0 Å². The lowest BCUT2D eigenvalue weighted by Crippen LogP contribution is -2.37. The predicted molar refractivity (Wildman–Crippen MR) is 136 cm³/mol. The van der Waals surface area contributed by atoms with E-state index in [1.807, 2.05) is 51.7 Å². The SMILES string of the molecule is Cc1ccccc1-n1c(COc2ccc(-c3ccccc3)cc2)nn(CN2CCOCC2)c1=S. The van der Waals surface area contributed by atoms with E-state index in [2.05, 4.69) is 48.2 Å². The third-order valence-electron chi connectivity index (χ3n) is 6.03. The normalized spacial score (nSPS) is 14.3. The zero-order chi connectivity index (χ0) is 23.3. The fourth-order valence-electron chi connectivity index (χ4n) is 4.15. The molecule has 1 aliphatic rings. The third kappa shape index (κ3) is 4.97. The van der Waals surface area contributed by atoms with Crippen LogP contribution >= 0.6 is 12.2 Å². The molecule has 0 radical (unpaired) electrons. The second kappa shape index (κ2) is 10.3. The Labute approximate surface area is 205 Å². The smallest absolute Gasteiger partial charge is 0.203 e. The summed E-state index contributed by atoms with van der Waals surface area (Å²) in [6.07, 6.45) is 0. The summed E-state index contributed by atoms with van der Waals surface area (Å²) in [5, 5.41) is 4.87. The average Bonchev–Trinajstić information content (AvgIpc) is 3.19. The fourth-order valence-corrected chi connectivity index (χ4v) is 4.45. The van der Waals surface area contributed by atoms with Gasteiger partial charge in [-0.3, -0.25) is 9.47 Å². The first kappa shape index (κ1) is 22.5. The summed E-state index contributed by atoms with van der Waals surface area (Å²) < 4.78 is 16.2. The molecule has 174 valence electrons. The molecular weight excluding hydrogens is 444 g/mol. The van der Waals surface area contributed by atoms with Crippen LogP contribution in [0.3, 0.4) is 0 Å². The van der Waals surface area contributed by atoms with Crippen molar-refractivity contribution in [3.8, 4) is 22.6 Å². The topological polar surface area (TPSA) is 44.5 Å². The Balaban J connectivity index is 1.40. The maximum Gasteiger partial charge on any atom is 0.203 e. The molecule has 0 atom stereocenters. The standard InChI is InChI=1S/C27H28N4O2S/c1-21-7-5-6-10-25(21)31-26(28-30(27(31)34)20-29-15-17-32-18-16-29)19-33-24-13-11-23(12-14-24)22-8-3-2-4-9-22/h2-14H,15-20H2,1H3. The van der Waals surface area contributed by atoms with Gasteiger partial charge >= 0.3 is 0 Å². The highest BCUT2D eigenvalue weighted by molar-refractivity contribution is 7.71. The number of benzene rings is 3. The lowest BCUT2D eigenvalue weighted by molar-refractivity contribution is 0.0209. The Hall–Kier alpha value is -3.26. The van der Waals surface area contributed by atoms with E-state index in [-0.39, 0.29) is 0 Å². The highest BCUT2D eigenvalue weighted by Crippen LogP contribution is 2.23. The summed E-state index contributed by atoms with van der Waals surface area (Å²) in [5.41, 5.74) is 4.51. The van der Waals surface area contributed by atoms with Gasteiger partial charge < -0.3 is 9.47 Å². The Morgan fingerprint density at radius 1 is 0.882 bits per heavy atom. The van der Waals surface area contributed by atoms with Crippen molar-refractivity contribution in [3.63, 3.8) is 0 Å². The number of hydrogen-bond donors (Lipinski definition) is 0. The Bertz CT molecular complexity index is 1290. The van der Waals surface area contributed by atoms with Crippen LogP contribution in [0, 0.1) is 11.7 Å². The molecule has 0 N–H and O–H groups in total. The third-order valence-corrected chi connectivity index (χ3v) is 6.42. The number of ether oxygens (including phenoxy) is 2. The molecule has 1 saturated heterocycles. The van der Waals surface area contributed by atoms with Gasteiger partial charge in [-0.15, -0.1) is 0 Å². The molecule has 0 amide bonds. The number of nitrogens with zero attached hydrogens (tertiary/aromatic N) is 4. The van der Waals surface area contributed by atoms with E-state index in [9.17, 15) is 0 Å². The molecule has 7 heteroatoms. The van der Waals surface area contributed by atoms with Crippen molar-refractivity contribution in [1.82, 2.24) is 19.2 Å². The molecular formula is C27H28N4O2S. The van der Waals surface area contributed by atoms with Crippen molar-refractivity contribution in [2.75, 3.05) is 26.3 Å². The lowest BCUT2D eigenvalue weighted by Gasteiger charge is -2.26. The Morgan fingerprint density at radius 3 is 2.29 bits per heavy atom. The van der Waals surface area contributed by atoms with Crippen LogP contribution in [0.5, 0.6) is 5.75 Å². The second-order valence-electron chi connectivity index (χ2n) is 8.37. The largest absolute Gasteiger partial charge is 0.486 e. The zero-order valence-electron chi connectivity index (χ0n) is 19.3. The van der Waals surface area contributed by atoms with Gasteiger partial charge in [0.15, 0.2) is 5.82 Å². The van der Waals surface area contributed by atoms with Crippen LogP contribution in [0.1, 0.15) is 11.4 Å². The van der Waals surface area contributed by atoms with Crippen molar-refractivity contribution in [2.24, 2.45) is 0 Å². The molecule has 0 unspecified atom stereocenters. The lowest BCUT2D eigenvalue weighted by atomic mass is 10.1. The minimum absolute atomic E-state index is 0.318. The van der Waals surface area contributed by atoms with E-state index in [4.69, 9.17) is 26.8 Å². The van der Waals surface area contributed by atoms with Crippen LogP contribution in [-0.4, -0.2) is 45.6 Å². The number of hydrogen-bond acceptors (Lipinski definition) is 5. The number of morpholine rings is 1. The van der Waals surface area contributed by atoms with Crippen LogP contribution in [0.15, 0.2) is 78.9 Å². The maximum absolute atomic E-state index is 6.17. The van der Waals surface area contributed by atoms with Gasteiger partial charge in [-0.05, 0) is 54.0 Å². The van der Waals surface area contributed by atoms with Gasteiger partial charge in [0.05, 0.1) is 25.6 Å². The summed E-state index contributed by atoms with van der Waals surface area (Å²) >= 11 is 5.88. The summed E-state index contributed by atoms with van der Waals surface area (Å²) in [7, 11) is 0. The predicted octanol–water partition coefficient (Wildman–Crippen LogP) is 5.25. The Kier molecular flexibility index (Phi) is 6.85. The number of para-hydroxylation sites is 1. The monoisotopic (exact) mass is 472 g/mol. The summed E-state index contributed by atoms with van der Waals surface area (Å²) in [6, 6.07) is 26.7. The molecule has 2 heterocycles. The molecule has 34 heavy (non-hydrogen) atoms. The second-order valence-corrected chi connectivity index (χ2v) is 8.74. The van der Waals surface area contributed by atoms with E-state index in [0.717, 1.165) is 54.7 Å². The molecule has 6 nitrogen and oxygen atoms in total. The van der Waals surface area contributed by atoms with Crippen LogP contribution in [0.25, 0.3) is 16.8 Å². The van der Waals surface area contributed by atoms with Gasteiger partial charge in [-0.2, -0.15) is 5.10 Å². The zero-order valence-corrected chi connectivity index (χ0v) is 20.1. The fraction of sp³-hybridized carbons (Fsp3) is 0.259. The summed E-state index contributed by atoms with van der Waals surface area (Å²) in [5.74, 6) is 1.57. The Morgan fingerprint density at radius 2 is 1.56 bits per heavy atom.